The minimum absolute atomic E-state index is 0.187. The minimum Gasteiger partial charge on any atom is -0.397 e. The SMILES string of the molecule is CC(C)(C)c1ccc(-c2cncc(N)c2)cc1. The average molecular weight is 226 g/mol. The van der Waals surface area contributed by atoms with Crippen LogP contribution in [0.1, 0.15) is 26.3 Å². The van der Waals surface area contributed by atoms with Gasteiger partial charge in [0.15, 0.2) is 0 Å². The van der Waals surface area contributed by atoms with Gasteiger partial charge in [-0.25, -0.2) is 0 Å². The van der Waals surface area contributed by atoms with E-state index in [1.807, 2.05) is 12.3 Å². The summed E-state index contributed by atoms with van der Waals surface area (Å²) in [6.07, 6.45) is 3.50. The second-order valence-corrected chi connectivity index (χ2v) is 5.33. The van der Waals surface area contributed by atoms with Crippen molar-refractivity contribution in [3.63, 3.8) is 0 Å². The summed E-state index contributed by atoms with van der Waals surface area (Å²) in [6.45, 7) is 6.64. The number of nitrogens with two attached hydrogens (primary N) is 1. The Morgan fingerprint density at radius 1 is 0.941 bits per heavy atom. The quantitative estimate of drug-likeness (QED) is 0.806. The summed E-state index contributed by atoms with van der Waals surface area (Å²) in [4.78, 5) is 4.11. The zero-order chi connectivity index (χ0) is 12.5. The van der Waals surface area contributed by atoms with Crippen molar-refractivity contribution in [3.05, 3.63) is 48.3 Å². The van der Waals surface area contributed by atoms with Crippen LogP contribution in [0.4, 0.5) is 5.69 Å². The van der Waals surface area contributed by atoms with Gasteiger partial charge < -0.3 is 5.73 Å². The number of hydrogen-bond acceptors (Lipinski definition) is 2. The molecular weight excluding hydrogens is 208 g/mol. The van der Waals surface area contributed by atoms with Gasteiger partial charge in [0.2, 0.25) is 0 Å². The van der Waals surface area contributed by atoms with Gasteiger partial charge in [-0.3, -0.25) is 4.98 Å². The maximum absolute atomic E-state index is 5.73. The third kappa shape index (κ3) is 2.64. The maximum Gasteiger partial charge on any atom is 0.0506 e. The molecular formula is C15H18N2. The maximum atomic E-state index is 5.73. The molecule has 0 fully saturated rings. The molecule has 2 N–H and O–H groups in total. The fourth-order valence-electron chi connectivity index (χ4n) is 1.78. The number of nitrogen functional groups attached to an aromatic ring is 1. The Morgan fingerprint density at radius 3 is 2.12 bits per heavy atom. The number of benzene rings is 1. The predicted molar refractivity (Wildman–Crippen MR) is 72.8 cm³/mol. The lowest BCUT2D eigenvalue weighted by molar-refractivity contribution is 0.590. The van der Waals surface area contributed by atoms with E-state index in [1.54, 1.807) is 6.20 Å². The molecule has 0 bridgehead atoms. The third-order valence-corrected chi connectivity index (χ3v) is 2.84. The van der Waals surface area contributed by atoms with E-state index in [0.29, 0.717) is 5.69 Å². The second kappa shape index (κ2) is 4.21. The van der Waals surface area contributed by atoms with Crippen molar-refractivity contribution in [1.29, 1.82) is 0 Å². The van der Waals surface area contributed by atoms with Crippen LogP contribution in [0.2, 0.25) is 0 Å². The monoisotopic (exact) mass is 226 g/mol. The molecule has 0 aliphatic carbocycles. The van der Waals surface area contributed by atoms with Gasteiger partial charge in [0.1, 0.15) is 0 Å². The molecule has 0 saturated heterocycles. The molecule has 88 valence electrons. The first kappa shape index (κ1) is 11.6. The van der Waals surface area contributed by atoms with Crippen LogP contribution >= 0.6 is 0 Å². The van der Waals surface area contributed by atoms with Crippen LogP contribution in [0.25, 0.3) is 11.1 Å². The molecule has 0 radical (unpaired) electrons. The molecule has 1 aromatic carbocycles. The zero-order valence-corrected chi connectivity index (χ0v) is 10.6. The number of aromatic nitrogens is 1. The Bertz CT molecular complexity index is 507. The molecule has 0 saturated carbocycles. The molecule has 2 heteroatoms. The van der Waals surface area contributed by atoms with Crippen LogP contribution in [-0.4, -0.2) is 4.98 Å². The standard InChI is InChI=1S/C15H18N2/c1-15(2,3)13-6-4-11(5-7-13)12-8-14(16)10-17-9-12/h4-10H,16H2,1-3H3. The summed E-state index contributed by atoms with van der Waals surface area (Å²) in [5.41, 5.74) is 10.2. The summed E-state index contributed by atoms with van der Waals surface area (Å²) >= 11 is 0. The Labute approximate surface area is 103 Å². The normalized spacial score (nSPS) is 11.5. The molecule has 0 atom stereocenters. The first-order valence-corrected chi connectivity index (χ1v) is 5.78. The van der Waals surface area contributed by atoms with Crippen LogP contribution in [0.5, 0.6) is 0 Å². The highest BCUT2D eigenvalue weighted by Crippen LogP contribution is 2.26. The topological polar surface area (TPSA) is 38.9 Å². The molecule has 0 aliphatic rings. The Hall–Kier alpha value is -1.83. The summed E-state index contributed by atoms with van der Waals surface area (Å²) in [5, 5.41) is 0. The van der Waals surface area contributed by atoms with E-state index in [-0.39, 0.29) is 5.41 Å². The van der Waals surface area contributed by atoms with E-state index in [4.69, 9.17) is 5.73 Å². The van der Waals surface area contributed by atoms with Gasteiger partial charge in [-0.2, -0.15) is 0 Å². The van der Waals surface area contributed by atoms with Gasteiger partial charge in [-0.05, 0) is 22.6 Å². The van der Waals surface area contributed by atoms with E-state index in [2.05, 4.69) is 50.0 Å². The molecule has 1 heterocycles. The zero-order valence-electron chi connectivity index (χ0n) is 10.6. The van der Waals surface area contributed by atoms with Crippen molar-refractivity contribution >= 4 is 5.69 Å². The van der Waals surface area contributed by atoms with Gasteiger partial charge in [0.25, 0.3) is 0 Å². The molecule has 17 heavy (non-hydrogen) atoms. The fourth-order valence-corrected chi connectivity index (χ4v) is 1.78. The van der Waals surface area contributed by atoms with E-state index in [1.165, 1.54) is 5.56 Å². The summed E-state index contributed by atoms with van der Waals surface area (Å²) in [7, 11) is 0. The molecule has 2 aromatic rings. The highest BCUT2D eigenvalue weighted by molar-refractivity contribution is 5.66. The molecule has 0 spiro atoms. The molecule has 0 amide bonds. The van der Waals surface area contributed by atoms with Crippen LogP contribution in [0.15, 0.2) is 42.7 Å². The highest BCUT2D eigenvalue weighted by atomic mass is 14.7. The summed E-state index contributed by atoms with van der Waals surface area (Å²) in [5.74, 6) is 0. The summed E-state index contributed by atoms with van der Waals surface area (Å²) < 4.78 is 0. The number of nitrogens with zero attached hydrogens (tertiary/aromatic N) is 1. The molecule has 2 nitrogen and oxygen atoms in total. The van der Waals surface area contributed by atoms with Gasteiger partial charge in [-0.15, -0.1) is 0 Å². The van der Waals surface area contributed by atoms with Crippen molar-refractivity contribution in [2.75, 3.05) is 5.73 Å². The molecule has 2 rings (SSSR count). The van der Waals surface area contributed by atoms with E-state index < -0.39 is 0 Å². The number of hydrogen-bond donors (Lipinski definition) is 1. The average Bonchev–Trinajstić information content (AvgIpc) is 2.28. The second-order valence-electron chi connectivity index (χ2n) is 5.33. The van der Waals surface area contributed by atoms with Gasteiger partial charge in [0.05, 0.1) is 5.69 Å². The Morgan fingerprint density at radius 2 is 1.59 bits per heavy atom. The van der Waals surface area contributed by atoms with Crippen LogP contribution in [0.3, 0.4) is 0 Å². The van der Waals surface area contributed by atoms with Crippen molar-refractivity contribution in [2.45, 2.75) is 26.2 Å². The Balaban J connectivity index is 2.36. The van der Waals surface area contributed by atoms with E-state index in [9.17, 15) is 0 Å². The van der Waals surface area contributed by atoms with E-state index in [0.717, 1.165) is 11.1 Å². The smallest absolute Gasteiger partial charge is 0.0506 e. The molecule has 0 unspecified atom stereocenters. The van der Waals surface area contributed by atoms with Crippen LogP contribution < -0.4 is 5.73 Å². The Kier molecular flexibility index (Phi) is 2.88. The van der Waals surface area contributed by atoms with Gasteiger partial charge in [0, 0.05) is 18.0 Å². The van der Waals surface area contributed by atoms with Gasteiger partial charge >= 0.3 is 0 Å². The lowest BCUT2D eigenvalue weighted by atomic mass is 9.86. The largest absolute Gasteiger partial charge is 0.397 e. The van der Waals surface area contributed by atoms with E-state index >= 15 is 0 Å². The first-order valence-electron chi connectivity index (χ1n) is 5.78. The highest BCUT2D eigenvalue weighted by Gasteiger charge is 2.12. The number of pyridine rings is 1. The first-order chi connectivity index (χ1) is 7.97. The van der Waals surface area contributed by atoms with Gasteiger partial charge in [-0.1, -0.05) is 45.0 Å². The fraction of sp³-hybridized carbons (Fsp3) is 0.267. The van der Waals surface area contributed by atoms with Crippen molar-refractivity contribution in [3.8, 4) is 11.1 Å². The number of anilines is 1. The predicted octanol–water partition coefficient (Wildman–Crippen LogP) is 3.63. The molecule has 1 aromatic heterocycles. The molecule has 0 aliphatic heterocycles. The summed E-state index contributed by atoms with van der Waals surface area (Å²) in [6, 6.07) is 10.5. The van der Waals surface area contributed by atoms with Crippen molar-refractivity contribution in [2.24, 2.45) is 0 Å². The van der Waals surface area contributed by atoms with Crippen LogP contribution in [0, 0.1) is 0 Å². The lowest BCUT2D eigenvalue weighted by Crippen LogP contribution is -2.10. The lowest BCUT2D eigenvalue weighted by Gasteiger charge is -2.19. The van der Waals surface area contributed by atoms with Crippen molar-refractivity contribution < 1.29 is 0 Å². The van der Waals surface area contributed by atoms with Crippen molar-refractivity contribution in [1.82, 2.24) is 4.98 Å². The third-order valence-electron chi connectivity index (χ3n) is 2.84. The number of rotatable bonds is 1. The van der Waals surface area contributed by atoms with Crippen LogP contribution in [-0.2, 0) is 5.41 Å². The minimum atomic E-state index is 0.187.